The molecule has 0 aliphatic heterocycles. The van der Waals surface area contributed by atoms with Crippen molar-refractivity contribution in [1.82, 2.24) is 0 Å². The van der Waals surface area contributed by atoms with Crippen molar-refractivity contribution in [2.75, 3.05) is 23.9 Å². The molecule has 0 aliphatic rings. The molecule has 2 N–H and O–H groups in total. The molecule has 1 aromatic carbocycles. The summed E-state index contributed by atoms with van der Waals surface area (Å²) in [6.07, 6.45) is 0. The highest BCUT2D eigenvalue weighted by Gasteiger charge is 2.06. The molecule has 0 saturated heterocycles. The van der Waals surface area contributed by atoms with Crippen LogP contribution >= 0.6 is 11.8 Å². The van der Waals surface area contributed by atoms with Crippen LogP contribution in [0.5, 0.6) is 5.75 Å². The summed E-state index contributed by atoms with van der Waals surface area (Å²) in [6.45, 7) is 1.88. The van der Waals surface area contributed by atoms with Gasteiger partial charge in [-0.05, 0) is 30.7 Å². The number of carbonyl (C=O) groups is 2. The molecule has 0 unspecified atom stereocenters. The number of thioether (sulfide) groups is 1. The first-order valence-electron chi connectivity index (χ1n) is 5.27. The van der Waals surface area contributed by atoms with E-state index >= 15 is 0 Å². The normalized spacial score (nSPS) is 9.89. The number of aliphatic carboxylic acids is 1. The van der Waals surface area contributed by atoms with Gasteiger partial charge in [0.2, 0.25) is 5.91 Å². The molecule has 0 bridgehead atoms. The zero-order valence-corrected chi connectivity index (χ0v) is 11.0. The Morgan fingerprint density at radius 1 is 1.39 bits per heavy atom. The number of aryl methyl sites for hydroxylation is 1. The number of amides is 1. The molecule has 0 aromatic heterocycles. The number of benzene rings is 1. The number of carboxylic acid groups (broad SMARTS) is 1. The van der Waals surface area contributed by atoms with Gasteiger partial charge in [0.25, 0.3) is 0 Å². The third-order valence-electron chi connectivity index (χ3n) is 2.14. The van der Waals surface area contributed by atoms with Gasteiger partial charge in [-0.2, -0.15) is 0 Å². The van der Waals surface area contributed by atoms with Crippen molar-refractivity contribution < 1.29 is 19.4 Å². The molecule has 0 saturated carbocycles. The van der Waals surface area contributed by atoms with Crippen LogP contribution in [-0.4, -0.2) is 35.6 Å². The lowest BCUT2D eigenvalue weighted by atomic mass is 10.2. The third-order valence-corrected chi connectivity index (χ3v) is 3.05. The number of rotatable bonds is 6. The number of carboxylic acids is 1. The Morgan fingerprint density at radius 3 is 2.67 bits per heavy atom. The van der Waals surface area contributed by atoms with Crippen molar-refractivity contribution in [2.45, 2.75) is 6.92 Å². The molecule has 0 heterocycles. The first kappa shape index (κ1) is 14.4. The Labute approximate surface area is 110 Å². The van der Waals surface area contributed by atoms with Gasteiger partial charge >= 0.3 is 5.97 Å². The minimum Gasteiger partial charge on any atom is -0.496 e. The topological polar surface area (TPSA) is 75.6 Å². The molecule has 0 spiro atoms. The molecule has 1 rings (SSSR count). The third kappa shape index (κ3) is 4.67. The Hall–Kier alpha value is -1.69. The summed E-state index contributed by atoms with van der Waals surface area (Å²) in [5.41, 5.74) is 1.60. The van der Waals surface area contributed by atoms with Crippen molar-refractivity contribution in [2.24, 2.45) is 0 Å². The van der Waals surface area contributed by atoms with E-state index in [0.717, 1.165) is 23.1 Å². The van der Waals surface area contributed by atoms with E-state index in [1.54, 1.807) is 25.3 Å². The highest BCUT2D eigenvalue weighted by Crippen LogP contribution is 2.21. The van der Waals surface area contributed by atoms with Crippen LogP contribution in [0, 0.1) is 6.92 Å². The molecular weight excluding hydrogens is 254 g/mol. The Bertz CT molecular complexity index is 448. The molecule has 0 atom stereocenters. The van der Waals surface area contributed by atoms with E-state index in [4.69, 9.17) is 9.84 Å². The molecule has 5 nitrogen and oxygen atoms in total. The average Bonchev–Trinajstić information content (AvgIpc) is 2.28. The fourth-order valence-corrected chi connectivity index (χ4v) is 1.92. The second kappa shape index (κ2) is 6.90. The van der Waals surface area contributed by atoms with Gasteiger partial charge in [-0.1, -0.05) is 0 Å². The number of anilines is 1. The minimum atomic E-state index is -0.923. The first-order chi connectivity index (χ1) is 8.52. The average molecular weight is 269 g/mol. The van der Waals surface area contributed by atoms with Crippen LogP contribution in [0.4, 0.5) is 5.69 Å². The quantitative estimate of drug-likeness (QED) is 0.823. The molecule has 18 heavy (non-hydrogen) atoms. The van der Waals surface area contributed by atoms with Crippen LogP contribution in [0.25, 0.3) is 0 Å². The lowest BCUT2D eigenvalue weighted by Gasteiger charge is -2.08. The lowest BCUT2D eigenvalue weighted by molar-refractivity contribution is -0.133. The van der Waals surface area contributed by atoms with Crippen molar-refractivity contribution >= 4 is 29.3 Å². The number of methoxy groups -OCH3 is 1. The molecule has 1 amide bonds. The molecule has 1 aromatic rings. The van der Waals surface area contributed by atoms with Gasteiger partial charge in [0.1, 0.15) is 5.75 Å². The molecule has 98 valence electrons. The Kier molecular flexibility index (Phi) is 5.51. The maximum atomic E-state index is 11.5. The highest BCUT2D eigenvalue weighted by atomic mass is 32.2. The number of nitrogens with one attached hydrogen (secondary N) is 1. The number of hydrogen-bond acceptors (Lipinski definition) is 4. The Balaban J connectivity index is 2.49. The maximum absolute atomic E-state index is 11.5. The van der Waals surface area contributed by atoms with E-state index in [1.165, 1.54) is 0 Å². The van der Waals surface area contributed by atoms with E-state index in [9.17, 15) is 9.59 Å². The van der Waals surface area contributed by atoms with E-state index in [1.807, 2.05) is 6.92 Å². The van der Waals surface area contributed by atoms with Crippen LogP contribution in [0.2, 0.25) is 0 Å². The summed E-state index contributed by atoms with van der Waals surface area (Å²) in [5.74, 6) is -0.334. The fourth-order valence-electron chi connectivity index (χ4n) is 1.38. The highest BCUT2D eigenvalue weighted by molar-refractivity contribution is 8.00. The second-order valence-electron chi connectivity index (χ2n) is 3.62. The lowest BCUT2D eigenvalue weighted by Crippen LogP contribution is -2.15. The summed E-state index contributed by atoms with van der Waals surface area (Å²) in [7, 11) is 1.59. The predicted octanol–water partition coefficient (Wildman–Crippen LogP) is 1.76. The minimum absolute atomic E-state index is 0.0743. The summed E-state index contributed by atoms with van der Waals surface area (Å²) in [6, 6.07) is 5.32. The SMILES string of the molecule is COc1ccc(NC(=O)CSCC(=O)O)cc1C. The van der Waals surface area contributed by atoms with Crippen molar-refractivity contribution in [1.29, 1.82) is 0 Å². The van der Waals surface area contributed by atoms with Gasteiger partial charge in [0, 0.05) is 5.69 Å². The summed E-state index contributed by atoms with van der Waals surface area (Å²) >= 11 is 1.06. The van der Waals surface area contributed by atoms with Crippen molar-refractivity contribution in [3.05, 3.63) is 23.8 Å². The molecular formula is C12H15NO4S. The number of hydrogen-bond donors (Lipinski definition) is 2. The Morgan fingerprint density at radius 2 is 2.11 bits per heavy atom. The smallest absolute Gasteiger partial charge is 0.313 e. The van der Waals surface area contributed by atoms with E-state index in [0.29, 0.717) is 5.69 Å². The van der Waals surface area contributed by atoms with Gasteiger partial charge in [-0.3, -0.25) is 9.59 Å². The van der Waals surface area contributed by atoms with Crippen LogP contribution in [0.1, 0.15) is 5.56 Å². The zero-order chi connectivity index (χ0) is 13.5. The molecule has 0 aliphatic carbocycles. The zero-order valence-electron chi connectivity index (χ0n) is 10.2. The predicted molar refractivity (Wildman–Crippen MR) is 71.3 cm³/mol. The van der Waals surface area contributed by atoms with Gasteiger partial charge in [0.15, 0.2) is 0 Å². The molecule has 6 heteroatoms. The van der Waals surface area contributed by atoms with Crippen LogP contribution in [0.15, 0.2) is 18.2 Å². The first-order valence-corrected chi connectivity index (χ1v) is 6.42. The van der Waals surface area contributed by atoms with E-state index in [2.05, 4.69) is 5.32 Å². The van der Waals surface area contributed by atoms with Gasteiger partial charge in [-0.25, -0.2) is 0 Å². The summed E-state index contributed by atoms with van der Waals surface area (Å²) in [5, 5.41) is 11.1. The van der Waals surface area contributed by atoms with Crippen molar-refractivity contribution in [3.8, 4) is 5.75 Å². The summed E-state index contributed by atoms with van der Waals surface area (Å²) in [4.78, 5) is 21.8. The standard InChI is InChI=1S/C12H15NO4S/c1-8-5-9(3-4-10(8)17-2)13-11(14)6-18-7-12(15)16/h3-5H,6-7H2,1-2H3,(H,13,14)(H,15,16). The van der Waals surface area contributed by atoms with Gasteiger partial charge in [0.05, 0.1) is 18.6 Å². The van der Waals surface area contributed by atoms with Crippen LogP contribution in [0.3, 0.4) is 0 Å². The van der Waals surface area contributed by atoms with Crippen molar-refractivity contribution in [3.63, 3.8) is 0 Å². The van der Waals surface area contributed by atoms with Crippen LogP contribution < -0.4 is 10.1 Å². The van der Waals surface area contributed by atoms with Crippen LogP contribution in [-0.2, 0) is 9.59 Å². The van der Waals surface area contributed by atoms with Gasteiger partial charge in [-0.15, -0.1) is 11.8 Å². The van der Waals surface area contributed by atoms with Gasteiger partial charge < -0.3 is 15.2 Å². The number of carbonyl (C=O) groups excluding carboxylic acids is 1. The molecule has 0 radical (unpaired) electrons. The largest absolute Gasteiger partial charge is 0.496 e. The second-order valence-corrected chi connectivity index (χ2v) is 4.60. The monoisotopic (exact) mass is 269 g/mol. The van der Waals surface area contributed by atoms with E-state index in [-0.39, 0.29) is 17.4 Å². The molecule has 0 fully saturated rings. The summed E-state index contributed by atoms with van der Waals surface area (Å²) < 4.78 is 5.11. The number of ether oxygens (including phenoxy) is 1. The fraction of sp³-hybridized carbons (Fsp3) is 0.333. The maximum Gasteiger partial charge on any atom is 0.313 e. The van der Waals surface area contributed by atoms with E-state index < -0.39 is 5.97 Å².